The first-order valence-electron chi connectivity index (χ1n) is 14.5. The predicted octanol–water partition coefficient (Wildman–Crippen LogP) is 5.15. The first-order valence-corrected chi connectivity index (χ1v) is 14.8. The van der Waals surface area contributed by atoms with Crippen molar-refractivity contribution in [1.29, 1.82) is 0 Å². The molecular weight excluding hydrogens is 567 g/mol. The molecule has 42 heavy (non-hydrogen) atoms. The SMILES string of the molecule is COc1cc2cc(c1OC)OCCCC(OC(=O)c1c(F)ccc(C)c1Cl)CCN1CCCN(CCCOC2=O)CC1. The molecular formula is C31H40ClFN2O7. The molecule has 1 fully saturated rings. The quantitative estimate of drug-likeness (QED) is 0.439. The minimum atomic E-state index is -0.773. The van der Waals surface area contributed by atoms with Crippen LogP contribution in [0.25, 0.3) is 0 Å². The van der Waals surface area contributed by atoms with Crippen molar-refractivity contribution < 1.29 is 37.7 Å². The predicted molar refractivity (Wildman–Crippen MR) is 157 cm³/mol. The minimum absolute atomic E-state index is 0.0616. The maximum absolute atomic E-state index is 14.6. The summed E-state index contributed by atoms with van der Waals surface area (Å²) in [6, 6.07) is 5.92. The van der Waals surface area contributed by atoms with Crippen molar-refractivity contribution in [1.82, 2.24) is 9.80 Å². The van der Waals surface area contributed by atoms with E-state index in [9.17, 15) is 14.0 Å². The highest BCUT2D eigenvalue weighted by atomic mass is 35.5. The molecule has 2 aromatic carbocycles. The summed E-state index contributed by atoms with van der Waals surface area (Å²) in [4.78, 5) is 30.7. The average Bonchev–Trinajstić information content (AvgIpc) is 3.22. The van der Waals surface area contributed by atoms with Gasteiger partial charge in [0, 0.05) is 26.2 Å². The van der Waals surface area contributed by atoms with Crippen LogP contribution in [0.2, 0.25) is 5.02 Å². The molecule has 9 nitrogen and oxygen atoms in total. The van der Waals surface area contributed by atoms with Crippen LogP contribution in [0.4, 0.5) is 4.39 Å². The van der Waals surface area contributed by atoms with E-state index in [4.69, 9.17) is 35.3 Å². The Hall–Kier alpha value is -3.08. The van der Waals surface area contributed by atoms with Gasteiger partial charge in [-0.1, -0.05) is 17.7 Å². The maximum Gasteiger partial charge on any atom is 0.342 e. The van der Waals surface area contributed by atoms with E-state index >= 15 is 0 Å². The number of carbonyl (C=O) groups excluding carboxylic acids is 2. The number of aryl methyl sites for hydroxylation is 1. The summed E-state index contributed by atoms with van der Waals surface area (Å²) in [5.41, 5.74) is 0.660. The fourth-order valence-electron chi connectivity index (χ4n) is 5.30. The summed E-state index contributed by atoms with van der Waals surface area (Å²) in [7, 11) is 2.99. The molecule has 11 heteroatoms. The molecule has 2 aromatic rings. The second-order valence-corrected chi connectivity index (χ2v) is 11.0. The number of esters is 2. The molecule has 0 saturated carbocycles. The van der Waals surface area contributed by atoms with Gasteiger partial charge < -0.3 is 33.5 Å². The van der Waals surface area contributed by atoms with Gasteiger partial charge in [0.15, 0.2) is 11.5 Å². The second-order valence-electron chi connectivity index (χ2n) is 10.6. The van der Waals surface area contributed by atoms with Crippen molar-refractivity contribution in [3.05, 3.63) is 51.8 Å². The third-order valence-corrected chi connectivity index (χ3v) is 8.16. The molecule has 0 amide bonds. The summed E-state index contributed by atoms with van der Waals surface area (Å²) in [6.45, 7) is 7.52. The lowest BCUT2D eigenvalue weighted by Crippen LogP contribution is -2.34. The molecule has 2 aliphatic heterocycles. The number of ether oxygens (including phenoxy) is 5. The van der Waals surface area contributed by atoms with Crippen molar-refractivity contribution in [3.8, 4) is 17.2 Å². The number of carbonyl (C=O) groups is 2. The summed E-state index contributed by atoms with van der Waals surface area (Å²) >= 11 is 6.29. The van der Waals surface area contributed by atoms with Gasteiger partial charge in [-0.3, -0.25) is 0 Å². The van der Waals surface area contributed by atoms with Gasteiger partial charge in [-0.25, -0.2) is 14.0 Å². The van der Waals surface area contributed by atoms with Gasteiger partial charge in [0.05, 0.1) is 38.0 Å². The third kappa shape index (κ3) is 8.26. The smallest absolute Gasteiger partial charge is 0.342 e. The second kappa shape index (κ2) is 15.4. The molecule has 0 N–H and O–H groups in total. The zero-order valence-corrected chi connectivity index (χ0v) is 25.3. The Morgan fingerprint density at radius 3 is 2.38 bits per heavy atom. The molecule has 0 aromatic heterocycles. The average molecular weight is 607 g/mol. The van der Waals surface area contributed by atoms with Crippen molar-refractivity contribution in [2.24, 2.45) is 0 Å². The first kappa shape index (κ1) is 31.8. The lowest BCUT2D eigenvalue weighted by molar-refractivity contribution is 0.0216. The van der Waals surface area contributed by atoms with Crippen LogP contribution >= 0.6 is 11.6 Å². The highest BCUT2D eigenvalue weighted by Crippen LogP contribution is 2.39. The summed E-state index contributed by atoms with van der Waals surface area (Å²) in [5.74, 6) is -0.885. The van der Waals surface area contributed by atoms with E-state index in [1.165, 1.54) is 26.4 Å². The Balaban J connectivity index is 1.54. The Morgan fingerprint density at radius 1 is 0.929 bits per heavy atom. The van der Waals surface area contributed by atoms with Crippen LogP contribution in [0.5, 0.6) is 17.2 Å². The Labute approximate surface area is 251 Å². The number of cyclic esters (lactones) is 1. The standard InChI is InChI=1S/C31H40ClFN2O7/c1-21-8-9-24(33)27(28(21)32)31(37)42-23-7-4-17-40-26-20-22(19-25(38-2)29(26)39-3)30(36)41-18-6-13-34-11-5-12-35(14-10-23)16-15-34/h8-9,19-20,23H,4-7,10-18H2,1-3H3. The molecule has 3 atom stereocenters. The van der Waals surface area contributed by atoms with Crippen LogP contribution in [-0.4, -0.2) is 94.5 Å². The fourth-order valence-corrected chi connectivity index (χ4v) is 5.53. The first-order chi connectivity index (χ1) is 20.3. The van der Waals surface area contributed by atoms with Crippen LogP contribution in [0.15, 0.2) is 24.3 Å². The molecule has 2 heterocycles. The number of benzene rings is 2. The topological polar surface area (TPSA) is 86.8 Å². The lowest BCUT2D eigenvalue weighted by Gasteiger charge is -2.25. The fraction of sp³-hybridized carbons (Fsp3) is 0.548. The van der Waals surface area contributed by atoms with E-state index in [2.05, 4.69) is 9.80 Å². The van der Waals surface area contributed by atoms with Crippen molar-refractivity contribution in [2.75, 3.05) is 66.7 Å². The largest absolute Gasteiger partial charge is 0.493 e. The summed E-state index contributed by atoms with van der Waals surface area (Å²) in [5, 5.41) is 0.0616. The number of nitrogens with zero attached hydrogens (tertiary/aromatic N) is 2. The number of rotatable bonds is 4. The Bertz CT molecular complexity index is 1240. The molecule has 2 aliphatic rings. The van der Waals surface area contributed by atoms with E-state index in [-0.39, 0.29) is 17.2 Å². The minimum Gasteiger partial charge on any atom is -0.493 e. The number of fused-ring (bicyclic) bond motifs is 5. The van der Waals surface area contributed by atoms with E-state index < -0.39 is 23.9 Å². The van der Waals surface area contributed by atoms with E-state index in [0.29, 0.717) is 54.2 Å². The van der Waals surface area contributed by atoms with E-state index in [1.807, 2.05) is 0 Å². The summed E-state index contributed by atoms with van der Waals surface area (Å²) < 4.78 is 43.0. The lowest BCUT2D eigenvalue weighted by atomic mass is 10.1. The molecule has 0 spiro atoms. The molecule has 4 rings (SSSR count). The van der Waals surface area contributed by atoms with Crippen LogP contribution in [0.3, 0.4) is 0 Å². The zero-order valence-electron chi connectivity index (χ0n) is 24.6. The van der Waals surface area contributed by atoms with Gasteiger partial charge >= 0.3 is 11.9 Å². The number of hydrogen-bond acceptors (Lipinski definition) is 9. The highest BCUT2D eigenvalue weighted by Gasteiger charge is 2.25. The molecule has 230 valence electrons. The van der Waals surface area contributed by atoms with Gasteiger partial charge in [0.2, 0.25) is 5.75 Å². The van der Waals surface area contributed by atoms with E-state index in [1.54, 1.807) is 19.1 Å². The van der Waals surface area contributed by atoms with Gasteiger partial charge in [-0.05, 0) is 75.9 Å². The van der Waals surface area contributed by atoms with E-state index in [0.717, 1.165) is 52.1 Å². The van der Waals surface area contributed by atoms with Gasteiger partial charge in [0.25, 0.3) is 0 Å². The normalized spacial score (nSPS) is 22.4. The van der Waals surface area contributed by atoms with Crippen LogP contribution < -0.4 is 14.2 Å². The van der Waals surface area contributed by atoms with Crippen molar-refractivity contribution in [2.45, 2.75) is 45.1 Å². The van der Waals surface area contributed by atoms with Crippen molar-refractivity contribution in [3.63, 3.8) is 0 Å². The number of halogens is 2. The van der Waals surface area contributed by atoms with Crippen LogP contribution in [0.1, 0.15) is 58.4 Å². The Kier molecular flexibility index (Phi) is 11.7. The van der Waals surface area contributed by atoms with Gasteiger partial charge in [-0.2, -0.15) is 0 Å². The zero-order chi connectivity index (χ0) is 30.1. The molecule has 0 radical (unpaired) electrons. The highest BCUT2D eigenvalue weighted by molar-refractivity contribution is 6.34. The molecule has 4 bridgehead atoms. The molecule has 0 aliphatic carbocycles. The maximum atomic E-state index is 14.6. The Morgan fingerprint density at radius 2 is 1.64 bits per heavy atom. The number of hydrogen-bond donors (Lipinski definition) is 0. The van der Waals surface area contributed by atoms with Crippen LogP contribution in [-0.2, 0) is 9.47 Å². The van der Waals surface area contributed by atoms with Crippen molar-refractivity contribution >= 4 is 23.5 Å². The van der Waals surface area contributed by atoms with Gasteiger partial charge in [-0.15, -0.1) is 0 Å². The molecule has 3 unspecified atom stereocenters. The number of methoxy groups -OCH3 is 2. The van der Waals surface area contributed by atoms with Crippen LogP contribution in [0, 0.1) is 12.7 Å². The molecule has 1 saturated heterocycles. The van der Waals surface area contributed by atoms with Gasteiger partial charge in [0.1, 0.15) is 17.5 Å². The monoisotopic (exact) mass is 606 g/mol. The third-order valence-electron chi connectivity index (χ3n) is 7.67. The summed E-state index contributed by atoms with van der Waals surface area (Å²) in [6.07, 6.45) is 2.85.